The third kappa shape index (κ3) is 5.14. The van der Waals surface area contributed by atoms with Crippen LogP contribution in [0.4, 0.5) is 5.69 Å². The first-order chi connectivity index (χ1) is 12.9. The second-order valence-electron chi connectivity index (χ2n) is 5.40. The number of phosphoric acid groups is 1. The van der Waals surface area contributed by atoms with Crippen molar-refractivity contribution in [1.29, 1.82) is 5.41 Å². The molecule has 0 fully saturated rings. The Hall–Kier alpha value is -3.20. The number of para-hydroxylation sites is 1. The van der Waals surface area contributed by atoms with Gasteiger partial charge in [-0.05, 0) is 16.8 Å². The maximum absolute atomic E-state index is 12.1. The fourth-order valence-corrected chi connectivity index (χ4v) is 2.88. The lowest BCUT2D eigenvalue weighted by Crippen LogP contribution is -2.20. The van der Waals surface area contributed by atoms with Crippen LogP contribution in [0.2, 0.25) is 0 Å². The molecule has 11 heteroatoms. The molecule has 0 saturated heterocycles. The second-order valence-corrected chi connectivity index (χ2v) is 6.76. The van der Waals surface area contributed by atoms with Crippen LogP contribution in [0.3, 0.4) is 0 Å². The van der Waals surface area contributed by atoms with Crippen LogP contribution in [0.5, 0.6) is 0 Å². The predicted molar refractivity (Wildman–Crippen MR) is 98.6 cm³/mol. The highest BCUT2D eigenvalue weighted by Gasteiger charge is 2.25. The number of guanidine groups is 1. The van der Waals surface area contributed by atoms with Crippen molar-refractivity contribution < 1.29 is 18.6 Å². The van der Waals surface area contributed by atoms with E-state index in [-0.39, 0.29) is 12.6 Å². The SMILES string of the molecule is N=C(N)Nc1ccccc1-c1cn(OP(=O)(O)OCc2ccccc2)nn1. The van der Waals surface area contributed by atoms with Crippen LogP contribution < -0.4 is 15.7 Å². The fourth-order valence-electron chi connectivity index (χ4n) is 2.23. The lowest BCUT2D eigenvalue weighted by molar-refractivity contribution is 0.114. The van der Waals surface area contributed by atoms with Gasteiger partial charge in [-0.1, -0.05) is 53.4 Å². The highest BCUT2D eigenvalue weighted by Crippen LogP contribution is 2.40. The summed E-state index contributed by atoms with van der Waals surface area (Å²) in [4.78, 5) is 10.6. The van der Waals surface area contributed by atoms with E-state index in [1.54, 1.807) is 48.5 Å². The van der Waals surface area contributed by atoms with Crippen LogP contribution in [0.1, 0.15) is 5.56 Å². The minimum absolute atomic E-state index is 0.0957. The van der Waals surface area contributed by atoms with Gasteiger partial charge < -0.3 is 11.1 Å². The highest BCUT2D eigenvalue weighted by molar-refractivity contribution is 7.47. The summed E-state index contributed by atoms with van der Waals surface area (Å²) in [7, 11) is -4.40. The molecule has 0 aliphatic heterocycles. The maximum atomic E-state index is 12.1. The van der Waals surface area contributed by atoms with E-state index >= 15 is 0 Å². The molecule has 2 aromatic carbocycles. The zero-order valence-electron chi connectivity index (χ0n) is 14.0. The van der Waals surface area contributed by atoms with E-state index in [2.05, 4.69) is 15.6 Å². The molecule has 0 amide bonds. The van der Waals surface area contributed by atoms with E-state index in [0.717, 1.165) is 10.4 Å². The quantitative estimate of drug-likeness (QED) is 0.273. The Morgan fingerprint density at radius 2 is 1.93 bits per heavy atom. The Morgan fingerprint density at radius 3 is 2.67 bits per heavy atom. The third-order valence-corrected chi connectivity index (χ3v) is 4.20. The molecule has 0 bridgehead atoms. The van der Waals surface area contributed by atoms with Crippen molar-refractivity contribution in [3.05, 3.63) is 66.4 Å². The monoisotopic (exact) mass is 388 g/mol. The van der Waals surface area contributed by atoms with E-state index in [9.17, 15) is 9.46 Å². The normalized spacial score (nSPS) is 12.9. The van der Waals surface area contributed by atoms with Gasteiger partial charge in [0.1, 0.15) is 5.69 Å². The smallest absolute Gasteiger partial charge is 0.370 e. The van der Waals surface area contributed by atoms with E-state index in [4.69, 9.17) is 20.3 Å². The van der Waals surface area contributed by atoms with Gasteiger partial charge in [0, 0.05) is 5.56 Å². The third-order valence-electron chi connectivity index (χ3n) is 3.37. The van der Waals surface area contributed by atoms with Gasteiger partial charge in [-0.15, -0.1) is 5.10 Å². The van der Waals surface area contributed by atoms with E-state index in [1.807, 2.05) is 6.07 Å². The number of anilines is 1. The summed E-state index contributed by atoms with van der Waals surface area (Å²) in [6.07, 6.45) is 1.31. The number of hydrogen-bond donors (Lipinski definition) is 4. The molecule has 0 spiro atoms. The van der Waals surface area contributed by atoms with E-state index < -0.39 is 7.82 Å². The summed E-state index contributed by atoms with van der Waals surface area (Å²) in [5.41, 5.74) is 7.55. The first-order valence-corrected chi connectivity index (χ1v) is 9.27. The molecule has 140 valence electrons. The van der Waals surface area contributed by atoms with Crippen molar-refractivity contribution in [2.24, 2.45) is 5.73 Å². The minimum atomic E-state index is -4.40. The van der Waals surface area contributed by atoms with Crippen molar-refractivity contribution in [3.63, 3.8) is 0 Å². The molecule has 0 saturated carbocycles. The van der Waals surface area contributed by atoms with E-state index in [1.165, 1.54) is 6.20 Å². The van der Waals surface area contributed by atoms with Crippen LogP contribution in [0, 0.1) is 5.41 Å². The van der Waals surface area contributed by atoms with Crippen molar-refractivity contribution in [2.75, 3.05) is 5.32 Å². The molecule has 10 nitrogen and oxygen atoms in total. The number of aromatic nitrogens is 3. The zero-order chi connectivity index (χ0) is 19.3. The number of phosphoric ester groups is 1. The molecule has 5 N–H and O–H groups in total. The molecule has 3 aromatic rings. The van der Waals surface area contributed by atoms with Crippen molar-refractivity contribution >= 4 is 19.5 Å². The lowest BCUT2D eigenvalue weighted by Gasteiger charge is -2.11. The fraction of sp³-hybridized carbons (Fsp3) is 0.0625. The molecular weight excluding hydrogens is 371 g/mol. The summed E-state index contributed by atoms with van der Waals surface area (Å²) >= 11 is 0. The number of rotatable bonds is 7. The number of benzene rings is 2. The Morgan fingerprint density at radius 1 is 1.22 bits per heavy atom. The summed E-state index contributed by atoms with van der Waals surface area (Å²) in [6.45, 7) is -0.0957. The molecular formula is C16H17N6O4P. The first-order valence-electron chi connectivity index (χ1n) is 7.77. The van der Waals surface area contributed by atoms with Crippen LogP contribution in [0.15, 0.2) is 60.8 Å². The first kappa shape index (κ1) is 18.6. The van der Waals surface area contributed by atoms with Crippen LogP contribution in [0.25, 0.3) is 11.3 Å². The minimum Gasteiger partial charge on any atom is -0.370 e. The Kier molecular flexibility index (Phi) is 5.51. The van der Waals surface area contributed by atoms with Crippen molar-refractivity contribution in [3.8, 4) is 11.3 Å². The van der Waals surface area contributed by atoms with Gasteiger partial charge in [-0.3, -0.25) is 19.5 Å². The Balaban J connectivity index is 1.71. The van der Waals surface area contributed by atoms with Crippen LogP contribution >= 0.6 is 7.82 Å². The average Bonchev–Trinajstić information content (AvgIpc) is 3.08. The molecule has 1 atom stereocenters. The number of nitrogens with one attached hydrogen (secondary N) is 2. The Labute approximate surface area is 154 Å². The summed E-state index contributed by atoms with van der Waals surface area (Å²) < 4.78 is 21.9. The largest absolute Gasteiger partial charge is 0.548 e. The Bertz CT molecular complexity index is 978. The lowest BCUT2D eigenvalue weighted by atomic mass is 10.1. The van der Waals surface area contributed by atoms with Gasteiger partial charge in [0.05, 0.1) is 18.5 Å². The number of hydrogen-bond acceptors (Lipinski definition) is 6. The van der Waals surface area contributed by atoms with Gasteiger partial charge in [0.2, 0.25) is 0 Å². The topological polar surface area (TPSA) is 148 Å². The molecule has 3 rings (SSSR count). The number of nitrogens with two attached hydrogens (primary N) is 1. The summed E-state index contributed by atoms with van der Waals surface area (Å²) in [6, 6.07) is 15.9. The van der Waals surface area contributed by atoms with Crippen LogP contribution in [-0.4, -0.2) is 26.0 Å². The molecule has 27 heavy (non-hydrogen) atoms. The molecule has 0 radical (unpaired) electrons. The van der Waals surface area contributed by atoms with Gasteiger partial charge in [0.25, 0.3) is 0 Å². The standard InChI is InChI=1S/C16H17N6O4P/c17-16(18)19-14-9-5-4-8-13(14)15-10-22(21-20-15)26-27(23,24)25-11-12-6-2-1-3-7-12/h1-10H,11H2,(H,23,24)(H4,17,18,19). The summed E-state index contributed by atoms with van der Waals surface area (Å²) in [5.74, 6) is -0.236. The molecule has 0 aliphatic rings. The second kappa shape index (κ2) is 8.00. The van der Waals surface area contributed by atoms with Gasteiger partial charge in [-0.25, -0.2) is 4.57 Å². The summed E-state index contributed by atoms with van der Waals surface area (Å²) in [5, 5.41) is 17.6. The zero-order valence-corrected chi connectivity index (χ0v) is 14.9. The number of nitrogens with zero attached hydrogens (tertiary/aromatic N) is 3. The van der Waals surface area contributed by atoms with Gasteiger partial charge in [-0.2, -0.15) is 0 Å². The molecule has 1 aromatic heterocycles. The average molecular weight is 388 g/mol. The van der Waals surface area contributed by atoms with Crippen molar-refractivity contribution in [1.82, 2.24) is 15.2 Å². The molecule has 0 aliphatic carbocycles. The molecule has 1 unspecified atom stereocenters. The maximum Gasteiger partial charge on any atom is 0.548 e. The molecule has 1 heterocycles. The van der Waals surface area contributed by atoms with Gasteiger partial charge >= 0.3 is 7.82 Å². The highest BCUT2D eigenvalue weighted by atomic mass is 31.2. The van der Waals surface area contributed by atoms with Gasteiger partial charge in [0.15, 0.2) is 5.96 Å². The van der Waals surface area contributed by atoms with Crippen molar-refractivity contribution in [2.45, 2.75) is 6.61 Å². The van der Waals surface area contributed by atoms with E-state index in [0.29, 0.717) is 16.9 Å². The van der Waals surface area contributed by atoms with Crippen LogP contribution in [-0.2, 0) is 15.7 Å². The predicted octanol–water partition coefficient (Wildman–Crippen LogP) is 2.00.